The van der Waals surface area contributed by atoms with E-state index in [1.165, 1.54) is 0 Å². The van der Waals surface area contributed by atoms with Crippen molar-refractivity contribution in [2.75, 3.05) is 5.32 Å². The van der Waals surface area contributed by atoms with Crippen LogP contribution < -0.4 is 10.5 Å². The number of nitrogens with one attached hydrogen (secondary N) is 1. The Morgan fingerprint density at radius 3 is 2.35 bits per heavy atom. The maximum atomic E-state index is 11.0. The highest BCUT2D eigenvalue weighted by Crippen LogP contribution is 2.21. The lowest BCUT2D eigenvalue weighted by atomic mass is 10.2. The zero-order valence-electron chi connectivity index (χ0n) is 11.5. The quantitative estimate of drug-likeness (QED) is 0.887. The Bertz CT molecular complexity index is 675. The zero-order chi connectivity index (χ0) is 14.8. The van der Waals surface area contributed by atoms with Crippen molar-refractivity contribution in [3.8, 4) is 0 Å². The van der Waals surface area contributed by atoms with Crippen LogP contribution in [0.4, 0.5) is 5.69 Å². The van der Waals surface area contributed by atoms with Gasteiger partial charge in [0, 0.05) is 5.69 Å². The van der Waals surface area contributed by atoms with Crippen LogP contribution in [0.5, 0.6) is 0 Å². The number of hydrogen-bond donors (Lipinski definition) is 2. The molecule has 0 fully saturated rings. The third-order valence-corrected chi connectivity index (χ3v) is 3.63. The Hall–Kier alpha value is -1.79. The van der Waals surface area contributed by atoms with Crippen LogP contribution >= 0.6 is 0 Å². The predicted molar refractivity (Wildman–Crippen MR) is 78.7 cm³/mol. The molecular weight excluding hydrogens is 276 g/mol. The molecule has 6 heteroatoms. The first-order valence-electron chi connectivity index (χ1n) is 6.26. The van der Waals surface area contributed by atoms with Crippen LogP contribution in [0.2, 0.25) is 0 Å². The van der Waals surface area contributed by atoms with Crippen LogP contribution in [0.15, 0.2) is 40.8 Å². The molecule has 1 aromatic carbocycles. The van der Waals surface area contributed by atoms with Crippen LogP contribution in [0, 0.1) is 6.92 Å². The minimum absolute atomic E-state index is 0.0350. The molecule has 5 nitrogen and oxygen atoms in total. The van der Waals surface area contributed by atoms with Crippen LogP contribution in [0.25, 0.3) is 0 Å². The van der Waals surface area contributed by atoms with E-state index in [2.05, 4.69) is 5.32 Å². The molecule has 3 N–H and O–H groups in total. The molecule has 1 heterocycles. The summed E-state index contributed by atoms with van der Waals surface area (Å²) >= 11 is 0. The molecule has 0 saturated carbocycles. The third-order valence-electron chi connectivity index (χ3n) is 2.89. The van der Waals surface area contributed by atoms with Crippen LogP contribution in [0.1, 0.15) is 30.0 Å². The Morgan fingerprint density at radius 1 is 1.20 bits per heavy atom. The van der Waals surface area contributed by atoms with Crippen molar-refractivity contribution in [3.05, 3.63) is 53.5 Å². The van der Waals surface area contributed by atoms with Gasteiger partial charge in [-0.05, 0) is 43.7 Å². The minimum atomic E-state index is -3.49. The summed E-state index contributed by atoms with van der Waals surface area (Å²) in [5.41, 5.74) is 1.56. The fourth-order valence-corrected chi connectivity index (χ4v) is 2.59. The molecule has 0 aliphatic heterocycles. The van der Waals surface area contributed by atoms with E-state index >= 15 is 0 Å². The monoisotopic (exact) mass is 294 g/mol. The van der Waals surface area contributed by atoms with Gasteiger partial charge in [-0.25, -0.2) is 13.6 Å². The van der Waals surface area contributed by atoms with Crippen molar-refractivity contribution < 1.29 is 12.8 Å². The van der Waals surface area contributed by atoms with E-state index in [9.17, 15) is 8.42 Å². The third kappa shape index (κ3) is 4.11. The average Bonchev–Trinajstić information content (AvgIpc) is 2.77. The molecule has 1 atom stereocenters. The van der Waals surface area contributed by atoms with Gasteiger partial charge < -0.3 is 9.73 Å². The molecule has 0 bridgehead atoms. The number of primary sulfonamides is 1. The smallest absolute Gasteiger partial charge is 0.213 e. The van der Waals surface area contributed by atoms with Gasteiger partial charge in [-0.15, -0.1) is 0 Å². The maximum absolute atomic E-state index is 11.0. The van der Waals surface area contributed by atoms with E-state index < -0.39 is 10.0 Å². The van der Waals surface area contributed by atoms with Crippen molar-refractivity contribution in [1.82, 2.24) is 0 Å². The Labute approximate surface area is 118 Å². The lowest BCUT2D eigenvalue weighted by molar-refractivity contribution is 0.467. The molecule has 0 aliphatic rings. The largest absolute Gasteiger partial charge is 0.464 e. The molecule has 108 valence electrons. The van der Waals surface area contributed by atoms with Crippen LogP contribution in [-0.4, -0.2) is 8.42 Å². The summed E-state index contributed by atoms with van der Waals surface area (Å²) < 4.78 is 27.5. The normalized spacial score (nSPS) is 13.2. The highest BCUT2D eigenvalue weighted by atomic mass is 32.2. The molecule has 2 aromatic rings. The fourth-order valence-electron chi connectivity index (χ4n) is 1.94. The van der Waals surface area contributed by atoms with Gasteiger partial charge in [-0.1, -0.05) is 12.1 Å². The number of anilines is 1. The topological polar surface area (TPSA) is 85.3 Å². The summed E-state index contributed by atoms with van der Waals surface area (Å²) in [5.74, 6) is 1.58. The lowest BCUT2D eigenvalue weighted by Gasteiger charge is -2.13. The number of benzene rings is 1. The molecule has 0 amide bonds. The highest BCUT2D eigenvalue weighted by Gasteiger charge is 2.10. The van der Waals surface area contributed by atoms with E-state index in [-0.39, 0.29) is 11.8 Å². The van der Waals surface area contributed by atoms with Crippen molar-refractivity contribution in [2.24, 2.45) is 5.14 Å². The van der Waals surface area contributed by atoms with Gasteiger partial charge in [-0.2, -0.15) is 0 Å². The standard InChI is InChI=1S/C14H18N2O3S/c1-10-3-8-14(19-10)11(2)16-13-6-4-12(5-7-13)9-20(15,17)18/h3-8,11,16H,9H2,1-2H3,(H2,15,17,18). The molecule has 1 unspecified atom stereocenters. The van der Waals surface area contributed by atoms with Crippen molar-refractivity contribution in [2.45, 2.75) is 25.6 Å². The number of hydrogen-bond acceptors (Lipinski definition) is 4. The van der Waals surface area contributed by atoms with Crippen molar-refractivity contribution in [3.63, 3.8) is 0 Å². The second-order valence-electron chi connectivity index (χ2n) is 4.82. The van der Waals surface area contributed by atoms with E-state index in [4.69, 9.17) is 9.56 Å². The van der Waals surface area contributed by atoms with Crippen molar-refractivity contribution >= 4 is 15.7 Å². The number of furan rings is 1. The van der Waals surface area contributed by atoms with E-state index in [0.717, 1.165) is 17.2 Å². The van der Waals surface area contributed by atoms with Gasteiger partial charge >= 0.3 is 0 Å². The first-order valence-corrected chi connectivity index (χ1v) is 7.97. The second kappa shape index (κ2) is 5.68. The SMILES string of the molecule is Cc1ccc(C(C)Nc2ccc(CS(N)(=O)=O)cc2)o1. The molecular formula is C14H18N2O3S. The summed E-state index contributed by atoms with van der Waals surface area (Å²) in [4.78, 5) is 0. The minimum Gasteiger partial charge on any atom is -0.464 e. The molecule has 1 aromatic heterocycles. The van der Waals surface area contributed by atoms with E-state index in [0.29, 0.717) is 5.56 Å². The van der Waals surface area contributed by atoms with E-state index in [1.54, 1.807) is 12.1 Å². The van der Waals surface area contributed by atoms with Gasteiger partial charge in [-0.3, -0.25) is 0 Å². The molecule has 0 saturated heterocycles. The zero-order valence-corrected chi connectivity index (χ0v) is 12.3. The molecule has 0 spiro atoms. The number of rotatable bonds is 5. The highest BCUT2D eigenvalue weighted by molar-refractivity contribution is 7.88. The lowest BCUT2D eigenvalue weighted by Crippen LogP contribution is -2.14. The second-order valence-corrected chi connectivity index (χ2v) is 6.43. The predicted octanol–water partition coefficient (Wildman–Crippen LogP) is 2.55. The van der Waals surface area contributed by atoms with Crippen molar-refractivity contribution in [1.29, 1.82) is 0 Å². The van der Waals surface area contributed by atoms with Crippen LogP contribution in [0.3, 0.4) is 0 Å². The van der Waals surface area contributed by atoms with Gasteiger partial charge in [0.15, 0.2) is 0 Å². The summed E-state index contributed by atoms with van der Waals surface area (Å²) in [6.45, 7) is 3.90. The summed E-state index contributed by atoms with van der Waals surface area (Å²) in [6, 6.07) is 11.0. The molecule has 0 radical (unpaired) electrons. The van der Waals surface area contributed by atoms with E-state index in [1.807, 2.05) is 38.1 Å². The molecule has 0 aliphatic carbocycles. The molecule has 2 rings (SSSR count). The summed E-state index contributed by atoms with van der Waals surface area (Å²) in [6.07, 6.45) is 0. The number of nitrogens with two attached hydrogens (primary N) is 1. The Balaban J connectivity index is 2.03. The average molecular weight is 294 g/mol. The molecule has 20 heavy (non-hydrogen) atoms. The Morgan fingerprint density at radius 2 is 1.85 bits per heavy atom. The fraction of sp³-hybridized carbons (Fsp3) is 0.286. The van der Waals surface area contributed by atoms with Gasteiger partial charge in [0.25, 0.3) is 0 Å². The maximum Gasteiger partial charge on any atom is 0.213 e. The van der Waals surface area contributed by atoms with Gasteiger partial charge in [0.1, 0.15) is 11.5 Å². The van der Waals surface area contributed by atoms with Crippen LogP contribution in [-0.2, 0) is 15.8 Å². The van der Waals surface area contributed by atoms with Gasteiger partial charge in [0.05, 0.1) is 11.8 Å². The first-order chi connectivity index (χ1) is 9.33. The Kier molecular flexibility index (Phi) is 4.15. The summed E-state index contributed by atoms with van der Waals surface area (Å²) in [5, 5.41) is 8.30. The number of aryl methyl sites for hydroxylation is 1. The first kappa shape index (κ1) is 14.6. The number of sulfonamides is 1. The van der Waals surface area contributed by atoms with Gasteiger partial charge in [0.2, 0.25) is 10.0 Å². The summed E-state index contributed by atoms with van der Waals surface area (Å²) in [7, 11) is -3.49.